The maximum Gasteiger partial charge on any atom is 0.243 e. The fourth-order valence-corrected chi connectivity index (χ4v) is 4.23. The number of nitrogen functional groups attached to an aromatic ring is 1. The molecule has 0 bridgehead atoms. The summed E-state index contributed by atoms with van der Waals surface area (Å²) in [7, 11) is -3.42. The van der Waals surface area contributed by atoms with E-state index in [0.29, 0.717) is 12.2 Å². The Morgan fingerprint density at radius 3 is 2.59 bits per heavy atom. The molecule has 1 fully saturated rings. The maximum atomic E-state index is 12.5. The maximum absolute atomic E-state index is 12.5. The molecule has 0 aliphatic carbocycles. The molecule has 0 radical (unpaired) electrons. The van der Waals surface area contributed by atoms with E-state index in [1.807, 2.05) is 13.8 Å². The minimum Gasteiger partial charge on any atom is -0.399 e. The van der Waals surface area contributed by atoms with Gasteiger partial charge in [-0.25, -0.2) is 8.42 Å². The van der Waals surface area contributed by atoms with Crippen LogP contribution in [-0.4, -0.2) is 24.8 Å². The van der Waals surface area contributed by atoms with Gasteiger partial charge in [-0.05, 0) is 44.9 Å². The summed E-state index contributed by atoms with van der Waals surface area (Å²) in [5.41, 5.74) is 5.81. The van der Waals surface area contributed by atoms with E-state index in [4.69, 9.17) is 5.73 Å². The second-order valence-electron chi connectivity index (χ2n) is 5.07. The monoisotopic (exact) mass is 254 g/mol. The number of nitrogens with zero attached hydrogens (tertiary/aromatic N) is 1. The van der Waals surface area contributed by atoms with E-state index in [-0.39, 0.29) is 10.4 Å². The Morgan fingerprint density at radius 2 is 2.06 bits per heavy atom. The van der Waals surface area contributed by atoms with Crippen LogP contribution in [0, 0.1) is 0 Å². The molecule has 0 unspecified atom stereocenters. The molecule has 1 aliphatic rings. The Bertz CT molecular complexity index is 523. The van der Waals surface area contributed by atoms with E-state index >= 15 is 0 Å². The number of hydrogen-bond donors (Lipinski definition) is 1. The zero-order chi connectivity index (χ0) is 12.7. The molecule has 1 heterocycles. The SMILES string of the molecule is CC1(C)CCCN1S(=O)(=O)c1cccc(N)c1. The van der Waals surface area contributed by atoms with Crippen molar-refractivity contribution in [2.45, 2.75) is 37.1 Å². The Balaban J connectivity index is 2.44. The molecule has 0 spiro atoms. The lowest BCUT2D eigenvalue weighted by molar-refractivity contribution is 0.292. The molecule has 1 aromatic rings. The van der Waals surface area contributed by atoms with E-state index in [1.165, 1.54) is 6.07 Å². The van der Waals surface area contributed by atoms with Gasteiger partial charge in [0.15, 0.2) is 0 Å². The molecule has 0 amide bonds. The van der Waals surface area contributed by atoms with E-state index in [0.717, 1.165) is 12.8 Å². The molecule has 94 valence electrons. The zero-order valence-corrected chi connectivity index (χ0v) is 11.0. The van der Waals surface area contributed by atoms with Crippen LogP contribution in [0.4, 0.5) is 5.69 Å². The Hall–Kier alpha value is -1.07. The Morgan fingerprint density at radius 1 is 1.35 bits per heavy atom. The number of anilines is 1. The highest BCUT2D eigenvalue weighted by Gasteiger charge is 2.40. The van der Waals surface area contributed by atoms with Crippen LogP contribution in [0.5, 0.6) is 0 Å². The summed E-state index contributed by atoms with van der Waals surface area (Å²) in [5.74, 6) is 0. The molecule has 5 heteroatoms. The number of benzene rings is 1. The lowest BCUT2D eigenvalue weighted by Crippen LogP contribution is -2.42. The molecule has 4 nitrogen and oxygen atoms in total. The van der Waals surface area contributed by atoms with Gasteiger partial charge in [0.2, 0.25) is 10.0 Å². The van der Waals surface area contributed by atoms with E-state index in [1.54, 1.807) is 22.5 Å². The first-order chi connectivity index (χ1) is 7.84. The van der Waals surface area contributed by atoms with Gasteiger partial charge in [-0.2, -0.15) is 4.31 Å². The van der Waals surface area contributed by atoms with Gasteiger partial charge < -0.3 is 5.73 Å². The van der Waals surface area contributed by atoms with Crippen molar-refractivity contribution in [3.63, 3.8) is 0 Å². The van der Waals surface area contributed by atoms with E-state index in [9.17, 15) is 8.42 Å². The van der Waals surface area contributed by atoms with Crippen LogP contribution in [0.3, 0.4) is 0 Å². The summed E-state index contributed by atoms with van der Waals surface area (Å²) in [4.78, 5) is 0.285. The highest BCUT2D eigenvalue weighted by Crippen LogP contribution is 2.34. The summed E-state index contributed by atoms with van der Waals surface area (Å²) < 4.78 is 26.5. The van der Waals surface area contributed by atoms with Crippen molar-refractivity contribution in [1.29, 1.82) is 0 Å². The smallest absolute Gasteiger partial charge is 0.243 e. The summed E-state index contributed by atoms with van der Waals surface area (Å²) in [6, 6.07) is 6.48. The molecule has 2 rings (SSSR count). The predicted octanol–water partition coefficient (Wildman–Crippen LogP) is 1.83. The van der Waals surface area contributed by atoms with Crippen molar-refractivity contribution in [2.24, 2.45) is 0 Å². The molecule has 0 saturated carbocycles. The van der Waals surface area contributed by atoms with Gasteiger partial charge in [0.05, 0.1) is 4.90 Å². The first-order valence-corrected chi connectivity index (χ1v) is 7.16. The largest absolute Gasteiger partial charge is 0.399 e. The van der Waals surface area contributed by atoms with Crippen LogP contribution in [0.25, 0.3) is 0 Å². The minimum absolute atomic E-state index is 0.285. The second-order valence-corrected chi connectivity index (χ2v) is 6.93. The van der Waals surface area contributed by atoms with Crippen molar-refractivity contribution in [3.05, 3.63) is 24.3 Å². The second kappa shape index (κ2) is 3.99. The molecule has 1 aromatic carbocycles. The third-order valence-electron chi connectivity index (χ3n) is 3.27. The van der Waals surface area contributed by atoms with Crippen molar-refractivity contribution in [1.82, 2.24) is 4.31 Å². The predicted molar refractivity (Wildman–Crippen MR) is 68.1 cm³/mol. The highest BCUT2D eigenvalue weighted by molar-refractivity contribution is 7.89. The topological polar surface area (TPSA) is 63.4 Å². The summed E-state index contributed by atoms with van der Waals surface area (Å²) in [5, 5.41) is 0. The minimum atomic E-state index is -3.42. The van der Waals surface area contributed by atoms with E-state index < -0.39 is 10.0 Å². The molecular formula is C12H18N2O2S. The lowest BCUT2D eigenvalue weighted by Gasteiger charge is -2.30. The number of hydrogen-bond acceptors (Lipinski definition) is 3. The summed E-state index contributed by atoms with van der Waals surface area (Å²) >= 11 is 0. The van der Waals surface area contributed by atoms with Crippen LogP contribution in [0.2, 0.25) is 0 Å². The van der Waals surface area contributed by atoms with Crippen molar-refractivity contribution < 1.29 is 8.42 Å². The molecule has 1 aliphatic heterocycles. The fraction of sp³-hybridized carbons (Fsp3) is 0.500. The molecule has 17 heavy (non-hydrogen) atoms. The van der Waals surface area contributed by atoms with Gasteiger partial charge in [-0.15, -0.1) is 0 Å². The first kappa shape index (κ1) is 12.4. The first-order valence-electron chi connectivity index (χ1n) is 5.72. The molecule has 2 N–H and O–H groups in total. The molecule has 0 atom stereocenters. The zero-order valence-electron chi connectivity index (χ0n) is 10.2. The average Bonchev–Trinajstić information content (AvgIpc) is 2.58. The van der Waals surface area contributed by atoms with Crippen LogP contribution in [0.1, 0.15) is 26.7 Å². The quantitative estimate of drug-likeness (QED) is 0.819. The van der Waals surface area contributed by atoms with E-state index in [2.05, 4.69) is 0 Å². The molecule has 1 saturated heterocycles. The summed E-state index contributed by atoms with van der Waals surface area (Å²) in [6.07, 6.45) is 1.81. The lowest BCUT2D eigenvalue weighted by atomic mass is 10.0. The molecule has 0 aromatic heterocycles. The Kier molecular flexibility index (Phi) is 2.91. The van der Waals surface area contributed by atoms with Crippen LogP contribution < -0.4 is 5.73 Å². The van der Waals surface area contributed by atoms with Gasteiger partial charge in [0.1, 0.15) is 0 Å². The average molecular weight is 254 g/mol. The summed E-state index contributed by atoms with van der Waals surface area (Å²) in [6.45, 7) is 4.51. The normalized spacial score (nSPS) is 20.6. The van der Waals surface area contributed by atoms with Gasteiger partial charge in [0, 0.05) is 17.8 Å². The Labute approximate surface area is 102 Å². The van der Waals surface area contributed by atoms with Gasteiger partial charge in [-0.1, -0.05) is 6.07 Å². The van der Waals surface area contributed by atoms with Crippen LogP contribution >= 0.6 is 0 Å². The van der Waals surface area contributed by atoms with Crippen molar-refractivity contribution in [2.75, 3.05) is 12.3 Å². The van der Waals surface area contributed by atoms with Crippen LogP contribution in [-0.2, 0) is 10.0 Å². The number of nitrogens with two attached hydrogens (primary N) is 1. The molecular weight excluding hydrogens is 236 g/mol. The third-order valence-corrected chi connectivity index (χ3v) is 5.38. The fourth-order valence-electron chi connectivity index (χ4n) is 2.33. The van der Waals surface area contributed by atoms with Crippen molar-refractivity contribution >= 4 is 15.7 Å². The van der Waals surface area contributed by atoms with Crippen LogP contribution in [0.15, 0.2) is 29.2 Å². The van der Waals surface area contributed by atoms with Gasteiger partial charge in [-0.3, -0.25) is 0 Å². The van der Waals surface area contributed by atoms with Gasteiger partial charge >= 0.3 is 0 Å². The number of sulfonamides is 1. The van der Waals surface area contributed by atoms with Gasteiger partial charge in [0.25, 0.3) is 0 Å². The highest BCUT2D eigenvalue weighted by atomic mass is 32.2. The third kappa shape index (κ3) is 2.17. The standard InChI is InChI=1S/C12H18N2O2S/c1-12(2)7-4-8-14(12)17(15,16)11-6-3-5-10(13)9-11/h3,5-6,9H,4,7-8,13H2,1-2H3. The number of rotatable bonds is 2. The van der Waals surface area contributed by atoms with Crippen molar-refractivity contribution in [3.8, 4) is 0 Å².